The van der Waals surface area contributed by atoms with E-state index in [2.05, 4.69) is 16.4 Å². The second-order valence-electron chi connectivity index (χ2n) is 2.08. The van der Waals surface area contributed by atoms with Gasteiger partial charge in [-0.3, -0.25) is 4.99 Å². The highest BCUT2D eigenvalue weighted by Gasteiger charge is 2.03. The van der Waals surface area contributed by atoms with Crippen molar-refractivity contribution in [3.05, 3.63) is 21.9 Å². The van der Waals surface area contributed by atoms with Crippen LogP contribution in [0, 0.1) is 0 Å². The molecule has 0 aromatic carbocycles. The highest BCUT2D eigenvalue weighted by molar-refractivity contribution is 7.10. The molecule has 1 nitrogen and oxygen atoms in total. The molecule has 0 atom stereocenters. The minimum atomic E-state index is 0. The first kappa shape index (κ1) is 7.76. The third kappa shape index (κ3) is 1.22. The van der Waals surface area contributed by atoms with Crippen LogP contribution in [-0.2, 0) is 6.42 Å². The van der Waals surface area contributed by atoms with Gasteiger partial charge in [0.05, 0.1) is 0 Å². The van der Waals surface area contributed by atoms with Crippen LogP contribution >= 0.6 is 23.7 Å². The van der Waals surface area contributed by atoms with E-state index in [0.29, 0.717) is 0 Å². The second kappa shape index (κ2) is 3.17. The van der Waals surface area contributed by atoms with E-state index in [9.17, 15) is 0 Å². The number of hydrogen-bond acceptors (Lipinski definition) is 2. The lowest BCUT2D eigenvalue weighted by atomic mass is 10.2. The van der Waals surface area contributed by atoms with Crippen molar-refractivity contribution in [2.24, 2.45) is 4.99 Å². The van der Waals surface area contributed by atoms with Gasteiger partial charge in [-0.2, -0.15) is 0 Å². The van der Waals surface area contributed by atoms with Crippen LogP contribution in [0.1, 0.15) is 10.4 Å². The Hall–Kier alpha value is -0.340. The number of nitrogens with zero attached hydrogens (tertiary/aromatic N) is 1. The van der Waals surface area contributed by atoms with E-state index >= 15 is 0 Å². The van der Waals surface area contributed by atoms with Gasteiger partial charge in [0.25, 0.3) is 0 Å². The van der Waals surface area contributed by atoms with Crippen LogP contribution in [0.2, 0.25) is 0 Å². The Kier molecular flexibility index (Phi) is 2.46. The Bertz CT molecular complexity index is 242. The maximum absolute atomic E-state index is 4.17. The molecule has 54 valence electrons. The average molecular weight is 174 g/mol. The standard InChI is InChI=1S/C7H7NS.ClH/c1-3-8-5-6-2-4-9-7(1)6;/h2,4-5H,1,3H2;1H. The first-order valence-corrected chi connectivity index (χ1v) is 3.91. The average Bonchev–Trinajstić information content (AvgIpc) is 2.33. The summed E-state index contributed by atoms with van der Waals surface area (Å²) in [5.74, 6) is 0. The lowest BCUT2D eigenvalue weighted by Crippen LogP contribution is -1.97. The number of hydrogen-bond donors (Lipinski definition) is 0. The Balaban J connectivity index is 0.000000500. The Morgan fingerprint density at radius 1 is 1.50 bits per heavy atom. The van der Waals surface area contributed by atoms with Crippen molar-refractivity contribution in [2.75, 3.05) is 6.54 Å². The van der Waals surface area contributed by atoms with Crippen LogP contribution in [0.25, 0.3) is 0 Å². The highest BCUT2D eigenvalue weighted by atomic mass is 35.5. The van der Waals surface area contributed by atoms with E-state index in [1.165, 1.54) is 10.4 Å². The summed E-state index contributed by atoms with van der Waals surface area (Å²) >= 11 is 1.83. The summed E-state index contributed by atoms with van der Waals surface area (Å²) in [6.45, 7) is 0.980. The van der Waals surface area contributed by atoms with Gasteiger partial charge in [0.15, 0.2) is 0 Å². The molecule has 0 saturated carbocycles. The molecule has 0 bridgehead atoms. The lowest BCUT2D eigenvalue weighted by Gasteiger charge is -2.00. The Morgan fingerprint density at radius 2 is 2.40 bits per heavy atom. The molecule has 0 radical (unpaired) electrons. The minimum absolute atomic E-state index is 0. The molecule has 1 aliphatic rings. The number of aliphatic imine (C=N–C) groups is 1. The number of fused-ring (bicyclic) bond motifs is 1. The fourth-order valence-corrected chi connectivity index (χ4v) is 1.84. The normalized spacial score (nSPS) is 14.0. The molecule has 1 aliphatic heterocycles. The van der Waals surface area contributed by atoms with Crippen molar-refractivity contribution in [1.29, 1.82) is 0 Å². The molecule has 2 rings (SSSR count). The molecule has 0 spiro atoms. The molecular weight excluding hydrogens is 166 g/mol. The molecular formula is C7H8ClNS. The molecule has 3 heteroatoms. The predicted octanol–water partition coefficient (Wildman–Crippen LogP) is 2.14. The summed E-state index contributed by atoms with van der Waals surface area (Å²) in [4.78, 5) is 5.66. The topological polar surface area (TPSA) is 12.4 Å². The minimum Gasteiger partial charge on any atom is -0.292 e. The van der Waals surface area contributed by atoms with Gasteiger partial charge in [-0.25, -0.2) is 0 Å². The Labute approximate surface area is 70.2 Å². The molecule has 0 aliphatic carbocycles. The molecule has 1 aromatic rings. The zero-order valence-corrected chi connectivity index (χ0v) is 7.04. The summed E-state index contributed by atoms with van der Waals surface area (Å²) < 4.78 is 0. The van der Waals surface area contributed by atoms with E-state index in [1.807, 2.05) is 17.6 Å². The fourth-order valence-electron chi connectivity index (χ4n) is 0.998. The molecule has 0 unspecified atom stereocenters. The zero-order valence-electron chi connectivity index (χ0n) is 5.41. The lowest BCUT2D eigenvalue weighted by molar-refractivity contribution is 0.974. The number of halogens is 1. The van der Waals surface area contributed by atoms with Gasteiger partial charge in [-0.05, 0) is 11.4 Å². The maximum atomic E-state index is 4.17. The zero-order chi connectivity index (χ0) is 6.10. The van der Waals surface area contributed by atoms with Crippen LogP contribution in [0.15, 0.2) is 16.4 Å². The summed E-state index contributed by atoms with van der Waals surface area (Å²) in [7, 11) is 0. The molecule has 0 N–H and O–H groups in total. The predicted molar refractivity (Wildman–Crippen MR) is 47.7 cm³/mol. The monoisotopic (exact) mass is 173 g/mol. The molecule has 1 aromatic heterocycles. The van der Waals surface area contributed by atoms with E-state index in [4.69, 9.17) is 0 Å². The van der Waals surface area contributed by atoms with Crippen molar-refractivity contribution in [3.8, 4) is 0 Å². The van der Waals surface area contributed by atoms with Gasteiger partial charge in [0, 0.05) is 29.6 Å². The van der Waals surface area contributed by atoms with Crippen LogP contribution in [0.4, 0.5) is 0 Å². The van der Waals surface area contributed by atoms with Gasteiger partial charge in [-0.15, -0.1) is 23.7 Å². The smallest absolute Gasteiger partial charge is 0.0438 e. The first-order chi connectivity index (χ1) is 4.47. The van der Waals surface area contributed by atoms with Gasteiger partial charge >= 0.3 is 0 Å². The van der Waals surface area contributed by atoms with Crippen molar-refractivity contribution in [3.63, 3.8) is 0 Å². The molecule has 0 amide bonds. The fraction of sp³-hybridized carbons (Fsp3) is 0.286. The SMILES string of the molecule is C1=NCCc2sccc21.Cl. The highest BCUT2D eigenvalue weighted by Crippen LogP contribution is 2.17. The molecule has 10 heavy (non-hydrogen) atoms. The summed E-state index contributed by atoms with van der Waals surface area (Å²) in [6.07, 6.45) is 3.11. The van der Waals surface area contributed by atoms with Crippen LogP contribution in [-0.4, -0.2) is 12.8 Å². The first-order valence-electron chi connectivity index (χ1n) is 3.03. The van der Waals surface area contributed by atoms with Gasteiger partial charge < -0.3 is 0 Å². The van der Waals surface area contributed by atoms with Gasteiger partial charge in [0.1, 0.15) is 0 Å². The van der Waals surface area contributed by atoms with Crippen molar-refractivity contribution in [2.45, 2.75) is 6.42 Å². The summed E-state index contributed by atoms with van der Waals surface area (Å²) in [5.41, 5.74) is 1.33. The van der Waals surface area contributed by atoms with Gasteiger partial charge in [0.2, 0.25) is 0 Å². The summed E-state index contributed by atoms with van der Waals surface area (Å²) in [6, 6.07) is 2.13. The van der Waals surface area contributed by atoms with E-state index < -0.39 is 0 Å². The molecule has 0 fully saturated rings. The van der Waals surface area contributed by atoms with Crippen LogP contribution < -0.4 is 0 Å². The summed E-state index contributed by atoms with van der Waals surface area (Å²) in [5, 5.41) is 2.13. The number of thiophene rings is 1. The quantitative estimate of drug-likeness (QED) is 0.570. The third-order valence-electron chi connectivity index (χ3n) is 1.48. The van der Waals surface area contributed by atoms with Gasteiger partial charge in [-0.1, -0.05) is 0 Å². The number of rotatable bonds is 0. The van der Waals surface area contributed by atoms with Crippen molar-refractivity contribution in [1.82, 2.24) is 0 Å². The molecule has 0 saturated heterocycles. The van der Waals surface area contributed by atoms with Crippen molar-refractivity contribution < 1.29 is 0 Å². The van der Waals surface area contributed by atoms with Crippen LogP contribution in [0.3, 0.4) is 0 Å². The van der Waals surface area contributed by atoms with E-state index in [1.54, 1.807) is 0 Å². The molecule has 2 heterocycles. The second-order valence-corrected chi connectivity index (χ2v) is 3.09. The largest absolute Gasteiger partial charge is 0.292 e. The maximum Gasteiger partial charge on any atom is 0.0438 e. The van der Waals surface area contributed by atoms with Crippen LogP contribution in [0.5, 0.6) is 0 Å². The Morgan fingerprint density at radius 3 is 3.20 bits per heavy atom. The third-order valence-corrected chi connectivity index (χ3v) is 2.47. The van der Waals surface area contributed by atoms with E-state index in [-0.39, 0.29) is 12.4 Å². The van der Waals surface area contributed by atoms with Crippen molar-refractivity contribution >= 4 is 30.0 Å². The van der Waals surface area contributed by atoms with E-state index in [0.717, 1.165) is 13.0 Å².